The van der Waals surface area contributed by atoms with E-state index >= 15 is 0 Å². The number of hydrogen-bond acceptors (Lipinski definition) is 5. The molecule has 2 rings (SSSR count). The van der Waals surface area contributed by atoms with E-state index < -0.39 is 36.0 Å². The Balaban J connectivity index is 0.000000980. The number of rotatable bonds is 2. The molecule has 0 aliphatic carbocycles. The van der Waals surface area contributed by atoms with Crippen LogP contribution in [0.3, 0.4) is 0 Å². The molecule has 2 bridgehead atoms. The standard InChI is InChI=1S/C8H8O5.2K/c9-7(10)5-3-1-2-4(13-3)6(5)8(11)12;;/h1-6H,(H,9,10)(H,11,12);;/q;2*+1/p-2. The maximum atomic E-state index is 10.6. The molecular weight excluding hydrogens is 254 g/mol. The second kappa shape index (κ2) is 6.74. The minimum Gasteiger partial charge on any atom is -0.550 e. The van der Waals surface area contributed by atoms with Crippen LogP contribution < -0.4 is 113 Å². The fourth-order valence-electron chi connectivity index (χ4n) is 1.87. The van der Waals surface area contributed by atoms with Gasteiger partial charge in [-0.1, -0.05) is 12.2 Å². The van der Waals surface area contributed by atoms with Gasteiger partial charge in [0.05, 0.1) is 12.2 Å². The van der Waals surface area contributed by atoms with Crippen molar-refractivity contribution in [3.63, 3.8) is 0 Å². The third kappa shape index (κ3) is 3.22. The van der Waals surface area contributed by atoms with Gasteiger partial charge in [0.15, 0.2) is 0 Å². The summed E-state index contributed by atoms with van der Waals surface area (Å²) >= 11 is 0. The van der Waals surface area contributed by atoms with Crippen LogP contribution in [0.4, 0.5) is 0 Å². The zero-order chi connectivity index (χ0) is 9.59. The minimum absolute atomic E-state index is 0. The van der Waals surface area contributed by atoms with Crippen LogP contribution in [0.2, 0.25) is 0 Å². The zero-order valence-corrected chi connectivity index (χ0v) is 14.8. The van der Waals surface area contributed by atoms with Crippen LogP contribution in [0.1, 0.15) is 0 Å². The predicted octanol–water partition coefficient (Wildman–Crippen LogP) is -8.94. The second-order valence-electron chi connectivity index (χ2n) is 3.14. The van der Waals surface area contributed by atoms with Gasteiger partial charge in [-0.2, -0.15) is 0 Å². The molecule has 2 heterocycles. The smallest absolute Gasteiger partial charge is 0.550 e. The van der Waals surface area contributed by atoms with Crippen molar-refractivity contribution in [3.05, 3.63) is 12.2 Å². The van der Waals surface area contributed by atoms with Crippen molar-refractivity contribution in [2.75, 3.05) is 0 Å². The van der Waals surface area contributed by atoms with Gasteiger partial charge in [0.1, 0.15) is 0 Å². The van der Waals surface area contributed by atoms with Crippen LogP contribution in [0.25, 0.3) is 0 Å². The van der Waals surface area contributed by atoms with Crippen LogP contribution in [0.5, 0.6) is 0 Å². The molecule has 1 fully saturated rings. The first kappa shape index (κ1) is 16.9. The van der Waals surface area contributed by atoms with Crippen molar-refractivity contribution in [1.82, 2.24) is 0 Å². The summed E-state index contributed by atoms with van der Waals surface area (Å²) in [4.78, 5) is 21.2. The fourth-order valence-corrected chi connectivity index (χ4v) is 1.87. The van der Waals surface area contributed by atoms with Gasteiger partial charge in [-0.15, -0.1) is 0 Å². The van der Waals surface area contributed by atoms with E-state index in [0.29, 0.717) is 0 Å². The van der Waals surface area contributed by atoms with Gasteiger partial charge in [0, 0.05) is 23.8 Å². The number of carboxylic acids is 2. The molecule has 0 amide bonds. The average Bonchev–Trinajstić information content (AvgIpc) is 2.60. The first-order chi connectivity index (χ1) is 6.11. The number of hydrogen-bond donors (Lipinski definition) is 0. The maximum absolute atomic E-state index is 10.6. The van der Waals surface area contributed by atoms with Gasteiger partial charge in [-0.25, -0.2) is 0 Å². The molecule has 1 saturated heterocycles. The molecule has 0 saturated carbocycles. The molecular formula is C8H6K2O5. The molecule has 70 valence electrons. The summed E-state index contributed by atoms with van der Waals surface area (Å²) in [6.07, 6.45) is 1.76. The Morgan fingerprint density at radius 2 is 1.27 bits per heavy atom. The molecule has 4 unspecified atom stereocenters. The summed E-state index contributed by atoms with van der Waals surface area (Å²) in [5, 5.41) is 21.2. The Morgan fingerprint density at radius 3 is 1.53 bits per heavy atom. The van der Waals surface area contributed by atoms with Gasteiger partial charge in [-0.05, 0) is 0 Å². The maximum Gasteiger partial charge on any atom is 1.00 e. The first-order valence-corrected chi connectivity index (χ1v) is 3.87. The Labute approximate surface area is 171 Å². The number of aliphatic carboxylic acids is 2. The van der Waals surface area contributed by atoms with E-state index in [2.05, 4.69) is 0 Å². The number of carboxylic acid groups (broad SMARTS) is 2. The molecule has 15 heavy (non-hydrogen) atoms. The van der Waals surface area contributed by atoms with E-state index in [0.717, 1.165) is 0 Å². The molecule has 0 radical (unpaired) electrons. The molecule has 0 N–H and O–H groups in total. The van der Waals surface area contributed by atoms with Crippen molar-refractivity contribution < 1.29 is 127 Å². The fraction of sp³-hybridized carbons (Fsp3) is 0.500. The van der Waals surface area contributed by atoms with Crippen molar-refractivity contribution in [1.29, 1.82) is 0 Å². The van der Waals surface area contributed by atoms with Gasteiger partial charge >= 0.3 is 103 Å². The number of carbonyl (C=O) groups excluding carboxylic acids is 2. The molecule has 2 aliphatic heterocycles. The van der Waals surface area contributed by atoms with Crippen LogP contribution in [0, 0.1) is 11.8 Å². The van der Waals surface area contributed by atoms with E-state index in [9.17, 15) is 19.8 Å². The topological polar surface area (TPSA) is 89.5 Å². The molecule has 0 aromatic carbocycles. The molecule has 0 aromatic rings. The Kier molecular flexibility index (Phi) is 7.60. The van der Waals surface area contributed by atoms with Crippen molar-refractivity contribution in [2.45, 2.75) is 12.2 Å². The van der Waals surface area contributed by atoms with E-state index in [1.807, 2.05) is 0 Å². The van der Waals surface area contributed by atoms with Gasteiger partial charge < -0.3 is 24.5 Å². The Hall–Kier alpha value is 1.91. The molecule has 2 aliphatic rings. The normalized spacial score (nSPS) is 35.5. The van der Waals surface area contributed by atoms with E-state index in [4.69, 9.17) is 4.74 Å². The molecule has 0 spiro atoms. The molecule has 4 atom stereocenters. The van der Waals surface area contributed by atoms with E-state index in [-0.39, 0.29) is 103 Å². The van der Waals surface area contributed by atoms with Crippen LogP contribution in [0.15, 0.2) is 12.2 Å². The van der Waals surface area contributed by atoms with Crippen molar-refractivity contribution in [2.24, 2.45) is 11.8 Å². The molecule has 0 aromatic heterocycles. The van der Waals surface area contributed by atoms with Crippen LogP contribution in [-0.4, -0.2) is 24.1 Å². The Bertz CT molecular complexity index is 275. The summed E-state index contributed by atoms with van der Waals surface area (Å²) < 4.78 is 5.07. The number of carbonyl (C=O) groups is 2. The number of fused-ring (bicyclic) bond motifs is 2. The van der Waals surface area contributed by atoms with Crippen molar-refractivity contribution >= 4 is 11.9 Å². The third-order valence-electron chi connectivity index (χ3n) is 2.44. The second-order valence-corrected chi connectivity index (χ2v) is 3.14. The molecule has 5 nitrogen and oxygen atoms in total. The third-order valence-corrected chi connectivity index (χ3v) is 2.44. The largest absolute Gasteiger partial charge is 1.00 e. The van der Waals surface area contributed by atoms with Crippen LogP contribution in [-0.2, 0) is 14.3 Å². The van der Waals surface area contributed by atoms with E-state index in [1.54, 1.807) is 12.2 Å². The Morgan fingerprint density at radius 1 is 0.933 bits per heavy atom. The summed E-state index contributed by atoms with van der Waals surface area (Å²) in [7, 11) is 0. The van der Waals surface area contributed by atoms with Gasteiger partial charge in [0.25, 0.3) is 0 Å². The average molecular weight is 260 g/mol. The molecule has 7 heteroatoms. The van der Waals surface area contributed by atoms with Gasteiger partial charge in [0.2, 0.25) is 0 Å². The van der Waals surface area contributed by atoms with E-state index in [1.165, 1.54) is 0 Å². The van der Waals surface area contributed by atoms with Crippen molar-refractivity contribution in [3.8, 4) is 0 Å². The zero-order valence-electron chi connectivity index (χ0n) is 8.51. The minimum atomic E-state index is -1.40. The van der Waals surface area contributed by atoms with Crippen LogP contribution >= 0.6 is 0 Å². The summed E-state index contributed by atoms with van der Waals surface area (Å²) in [5.74, 6) is -5.02. The quantitative estimate of drug-likeness (QED) is 0.363. The van der Waals surface area contributed by atoms with Gasteiger partial charge in [-0.3, -0.25) is 0 Å². The summed E-state index contributed by atoms with van der Waals surface area (Å²) in [6, 6.07) is 0. The first-order valence-electron chi connectivity index (χ1n) is 3.87. The summed E-state index contributed by atoms with van der Waals surface area (Å²) in [5.41, 5.74) is 0. The monoisotopic (exact) mass is 260 g/mol. The summed E-state index contributed by atoms with van der Waals surface area (Å²) in [6.45, 7) is 0. The SMILES string of the molecule is O=C([O-])C1C2C=CC(O2)C1C(=O)[O-].[K+].[K+]. The predicted molar refractivity (Wildman–Crippen MR) is 34.8 cm³/mol. The number of ether oxygens (including phenoxy) is 1.